The van der Waals surface area contributed by atoms with Gasteiger partial charge in [-0.1, -0.05) is 17.7 Å². The van der Waals surface area contributed by atoms with Crippen LogP contribution in [0.2, 0.25) is 5.02 Å². The third-order valence-electron chi connectivity index (χ3n) is 2.95. The number of nitrogens with two attached hydrogens (primary N) is 1. The van der Waals surface area contributed by atoms with Crippen molar-refractivity contribution in [2.45, 2.75) is 6.54 Å². The maximum atomic E-state index is 6.18. The van der Waals surface area contributed by atoms with E-state index in [2.05, 4.69) is 32.7 Å². The quantitative estimate of drug-likeness (QED) is 0.690. The molecule has 0 atom stereocenters. The van der Waals surface area contributed by atoms with Crippen LogP contribution in [0.5, 0.6) is 0 Å². The van der Waals surface area contributed by atoms with E-state index in [-0.39, 0.29) is 0 Å². The first-order valence-electron chi connectivity index (χ1n) is 5.65. The van der Waals surface area contributed by atoms with Crippen LogP contribution in [0.25, 0.3) is 10.9 Å². The van der Waals surface area contributed by atoms with Crippen LogP contribution in [0.1, 0.15) is 5.56 Å². The van der Waals surface area contributed by atoms with Gasteiger partial charge in [0.15, 0.2) is 0 Å². The van der Waals surface area contributed by atoms with Gasteiger partial charge >= 0.3 is 0 Å². The fourth-order valence-corrected chi connectivity index (χ4v) is 2.60. The number of halogens is 2. The molecule has 0 aliphatic carbocycles. The molecule has 6 heteroatoms. The minimum absolute atomic E-state index is 0.583. The van der Waals surface area contributed by atoms with Crippen molar-refractivity contribution < 1.29 is 0 Å². The molecule has 0 radical (unpaired) electrons. The summed E-state index contributed by atoms with van der Waals surface area (Å²) < 4.78 is 2.71. The SMILES string of the molecule is Nc1c(I)cnn1Cc1ccc(Cl)c2cccnc12. The molecule has 0 bridgehead atoms. The van der Waals surface area contributed by atoms with Gasteiger partial charge in [0.25, 0.3) is 0 Å². The maximum absolute atomic E-state index is 6.18. The van der Waals surface area contributed by atoms with E-state index >= 15 is 0 Å². The highest BCUT2D eigenvalue weighted by atomic mass is 127. The van der Waals surface area contributed by atoms with Crippen molar-refractivity contribution >= 4 is 50.9 Å². The Kier molecular flexibility index (Phi) is 3.32. The van der Waals surface area contributed by atoms with Gasteiger partial charge in [0.2, 0.25) is 0 Å². The predicted molar refractivity (Wildman–Crippen MR) is 85.2 cm³/mol. The number of rotatable bonds is 2. The summed E-state index contributed by atoms with van der Waals surface area (Å²) in [6, 6.07) is 7.69. The molecule has 1 aromatic carbocycles. The number of hydrogen-bond acceptors (Lipinski definition) is 3. The summed E-state index contributed by atoms with van der Waals surface area (Å²) in [5.74, 6) is 0.666. The molecule has 0 unspecified atom stereocenters. The largest absolute Gasteiger partial charge is 0.383 e. The molecule has 3 aromatic rings. The van der Waals surface area contributed by atoms with Crippen LogP contribution in [0, 0.1) is 3.57 Å². The lowest BCUT2D eigenvalue weighted by molar-refractivity contribution is 0.699. The molecule has 0 saturated carbocycles. The van der Waals surface area contributed by atoms with Crippen molar-refractivity contribution in [2.24, 2.45) is 0 Å². The average molecular weight is 385 g/mol. The Morgan fingerprint density at radius 2 is 2.16 bits per heavy atom. The molecule has 2 heterocycles. The highest BCUT2D eigenvalue weighted by molar-refractivity contribution is 14.1. The van der Waals surface area contributed by atoms with Gasteiger partial charge < -0.3 is 5.73 Å². The minimum atomic E-state index is 0.583. The Labute approximate surface area is 128 Å². The normalized spacial score (nSPS) is 11.1. The van der Waals surface area contributed by atoms with E-state index in [4.69, 9.17) is 17.3 Å². The molecule has 3 rings (SSSR count). The molecule has 19 heavy (non-hydrogen) atoms. The number of aromatic nitrogens is 3. The second-order valence-electron chi connectivity index (χ2n) is 4.14. The van der Waals surface area contributed by atoms with E-state index in [0.717, 1.165) is 20.0 Å². The molecule has 0 saturated heterocycles. The molecule has 4 nitrogen and oxygen atoms in total. The van der Waals surface area contributed by atoms with E-state index in [1.54, 1.807) is 17.1 Å². The van der Waals surface area contributed by atoms with Crippen molar-refractivity contribution in [3.05, 3.63) is 50.8 Å². The van der Waals surface area contributed by atoms with Gasteiger partial charge in [-0.05, 0) is 40.8 Å². The van der Waals surface area contributed by atoms with Crippen molar-refractivity contribution in [1.29, 1.82) is 0 Å². The van der Waals surface area contributed by atoms with Crippen LogP contribution < -0.4 is 5.73 Å². The monoisotopic (exact) mass is 384 g/mol. The Morgan fingerprint density at radius 1 is 1.32 bits per heavy atom. The van der Waals surface area contributed by atoms with Crippen LogP contribution >= 0.6 is 34.2 Å². The van der Waals surface area contributed by atoms with Gasteiger partial charge in [-0.15, -0.1) is 0 Å². The molecule has 2 aromatic heterocycles. The molecular weight excluding hydrogens is 375 g/mol. The van der Waals surface area contributed by atoms with Crippen LogP contribution in [-0.4, -0.2) is 14.8 Å². The second kappa shape index (κ2) is 4.97. The lowest BCUT2D eigenvalue weighted by Crippen LogP contribution is -2.07. The lowest BCUT2D eigenvalue weighted by atomic mass is 10.1. The molecular formula is C13H10ClIN4. The van der Waals surface area contributed by atoms with Crippen LogP contribution in [0.3, 0.4) is 0 Å². The Bertz CT molecular complexity index is 753. The topological polar surface area (TPSA) is 56.7 Å². The molecule has 96 valence electrons. The molecule has 0 fully saturated rings. The first-order chi connectivity index (χ1) is 9.16. The highest BCUT2D eigenvalue weighted by Crippen LogP contribution is 2.26. The summed E-state index contributed by atoms with van der Waals surface area (Å²) in [5.41, 5.74) is 7.91. The number of benzene rings is 1. The number of nitrogens with zero attached hydrogens (tertiary/aromatic N) is 3. The number of pyridine rings is 1. The smallest absolute Gasteiger partial charge is 0.135 e. The molecule has 0 amide bonds. The van der Waals surface area contributed by atoms with Crippen molar-refractivity contribution in [1.82, 2.24) is 14.8 Å². The first kappa shape index (κ1) is 12.7. The molecule has 0 spiro atoms. The van der Waals surface area contributed by atoms with Crippen molar-refractivity contribution in [3.63, 3.8) is 0 Å². The van der Waals surface area contributed by atoms with Gasteiger partial charge in [-0.25, -0.2) is 4.68 Å². The van der Waals surface area contributed by atoms with Crippen LogP contribution in [0.4, 0.5) is 5.82 Å². The summed E-state index contributed by atoms with van der Waals surface area (Å²) in [6.45, 7) is 0.583. The number of anilines is 1. The summed E-state index contributed by atoms with van der Waals surface area (Å²) in [5, 5.41) is 5.91. The van der Waals surface area contributed by atoms with Gasteiger partial charge in [0, 0.05) is 22.2 Å². The zero-order valence-electron chi connectivity index (χ0n) is 9.85. The standard InChI is InChI=1S/C13H10ClIN4/c14-10-4-3-8(12-9(10)2-1-5-17-12)7-19-13(16)11(15)6-18-19/h1-6H,7,16H2. The fourth-order valence-electron chi connectivity index (χ4n) is 1.98. The third-order valence-corrected chi connectivity index (χ3v) is 4.11. The minimum Gasteiger partial charge on any atom is -0.383 e. The van der Waals surface area contributed by atoms with E-state index in [1.165, 1.54) is 0 Å². The van der Waals surface area contributed by atoms with Crippen LogP contribution in [0.15, 0.2) is 36.7 Å². The number of fused-ring (bicyclic) bond motifs is 1. The Hall–Kier alpha value is -1.34. The van der Waals surface area contributed by atoms with Crippen molar-refractivity contribution in [3.8, 4) is 0 Å². The third kappa shape index (κ3) is 2.28. The van der Waals surface area contributed by atoms with Gasteiger partial charge in [-0.3, -0.25) is 4.98 Å². The van der Waals surface area contributed by atoms with Gasteiger partial charge in [0.1, 0.15) is 5.82 Å². The zero-order valence-corrected chi connectivity index (χ0v) is 12.8. The van der Waals surface area contributed by atoms with E-state index in [1.807, 2.05) is 24.3 Å². The zero-order chi connectivity index (χ0) is 13.4. The summed E-state index contributed by atoms with van der Waals surface area (Å²) in [7, 11) is 0. The number of hydrogen-bond donors (Lipinski definition) is 1. The highest BCUT2D eigenvalue weighted by Gasteiger charge is 2.09. The summed E-state index contributed by atoms with van der Waals surface area (Å²) in [4.78, 5) is 4.41. The lowest BCUT2D eigenvalue weighted by Gasteiger charge is -2.08. The predicted octanol–water partition coefficient (Wildman–Crippen LogP) is 3.32. The first-order valence-corrected chi connectivity index (χ1v) is 7.11. The van der Waals surface area contributed by atoms with E-state index in [0.29, 0.717) is 17.4 Å². The molecule has 0 aliphatic heterocycles. The molecule has 2 N–H and O–H groups in total. The Morgan fingerprint density at radius 3 is 2.89 bits per heavy atom. The average Bonchev–Trinajstić information content (AvgIpc) is 2.74. The summed E-state index contributed by atoms with van der Waals surface area (Å²) >= 11 is 8.35. The van der Waals surface area contributed by atoms with Crippen molar-refractivity contribution in [2.75, 3.05) is 5.73 Å². The summed E-state index contributed by atoms with van der Waals surface area (Å²) in [6.07, 6.45) is 3.51. The maximum Gasteiger partial charge on any atom is 0.135 e. The van der Waals surface area contributed by atoms with Gasteiger partial charge in [0.05, 0.1) is 21.8 Å². The Balaban J connectivity index is 2.11. The second-order valence-corrected chi connectivity index (χ2v) is 5.71. The molecule has 0 aliphatic rings. The van der Waals surface area contributed by atoms with Gasteiger partial charge in [-0.2, -0.15) is 5.10 Å². The fraction of sp³-hybridized carbons (Fsp3) is 0.0769. The van der Waals surface area contributed by atoms with E-state index < -0.39 is 0 Å². The van der Waals surface area contributed by atoms with E-state index in [9.17, 15) is 0 Å². The van der Waals surface area contributed by atoms with Crippen LogP contribution in [-0.2, 0) is 6.54 Å². The number of nitrogen functional groups attached to an aromatic ring is 1.